The number of carbonyl (C=O) groups is 1. The van der Waals surface area contributed by atoms with E-state index in [-0.39, 0.29) is 16.7 Å². The predicted octanol–water partition coefficient (Wildman–Crippen LogP) is 1.62. The molecule has 7 heteroatoms. The summed E-state index contributed by atoms with van der Waals surface area (Å²) in [4.78, 5) is 15.2. The van der Waals surface area contributed by atoms with E-state index in [0.717, 1.165) is 0 Å². The molecule has 0 aliphatic carbocycles. The number of benzene rings is 1. The van der Waals surface area contributed by atoms with Crippen LogP contribution in [0.4, 0.5) is 4.39 Å². The molecule has 0 radical (unpaired) electrons. The van der Waals surface area contributed by atoms with Crippen LogP contribution >= 0.6 is 11.6 Å². The summed E-state index contributed by atoms with van der Waals surface area (Å²) in [6, 6.07) is 4.18. The molecule has 88 valence electrons. The normalized spacial score (nSPS) is 10.3. The number of nitrogens with zero attached hydrogens (tertiary/aromatic N) is 2. The summed E-state index contributed by atoms with van der Waals surface area (Å²) < 4.78 is 13.2. The lowest BCUT2D eigenvalue weighted by atomic mass is 10.2. The predicted molar refractivity (Wildman–Crippen MR) is 60.2 cm³/mol. The molecule has 0 aliphatic heterocycles. The Morgan fingerprint density at radius 1 is 1.53 bits per heavy atom. The molecule has 0 unspecified atom stereocenters. The van der Waals surface area contributed by atoms with Gasteiger partial charge in [0.05, 0.1) is 5.02 Å². The van der Waals surface area contributed by atoms with Crippen LogP contribution in [0.5, 0.6) is 0 Å². The lowest BCUT2D eigenvalue weighted by Gasteiger charge is -1.97. The van der Waals surface area contributed by atoms with Crippen molar-refractivity contribution in [1.82, 2.24) is 20.5 Å². The van der Waals surface area contributed by atoms with Gasteiger partial charge >= 0.3 is 0 Å². The van der Waals surface area contributed by atoms with Crippen molar-refractivity contribution in [3.63, 3.8) is 0 Å². The monoisotopic (exact) mass is 254 g/mol. The lowest BCUT2D eigenvalue weighted by Crippen LogP contribution is -2.19. The van der Waals surface area contributed by atoms with Gasteiger partial charge in [-0.2, -0.15) is 5.10 Å². The molecule has 0 bridgehead atoms. The summed E-state index contributed by atoms with van der Waals surface area (Å²) in [5, 5.41) is 8.70. The second-order valence-electron chi connectivity index (χ2n) is 3.22. The van der Waals surface area contributed by atoms with Crippen molar-refractivity contribution in [3.8, 4) is 11.4 Å². The fraction of sp³-hybridized carbons (Fsp3) is 0.100. The first kappa shape index (κ1) is 11.5. The van der Waals surface area contributed by atoms with Crippen LogP contribution in [0.3, 0.4) is 0 Å². The van der Waals surface area contributed by atoms with Gasteiger partial charge in [0.2, 0.25) is 5.82 Å². The molecule has 0 spiro atoms. The number of aromatic nitrogens is 3. The first-order chi connectivity index (χ1) is 8.11. The fourth-order valence-corrected chi connectivity index (χ4v) is 1.36. The number of hydrogen-bond acceptors (Lipinski definition) is 3. The number of H-pyrrole nitrogens is 1. The number of carbonyl (C=O) groups excluding carboxylic acids is 1. The van der Waals surface area contributed by atoms with Crippen molar-refractivity contribution in [1.29, 1.82) is 0 Å². The molecule has 1 heterocycles. The van der Waals surface area contributed by atoms with Gasteiger partial charge in [0, 0.05) is 12.6 Å². The van der Waals surface area contributed by atoms with Gasteiger partial charge in [-0.25, -0.2) is 9.37 Å². The summed E-state index contributed by atoms with van der Waals surface area (Å²) in [6.07, 6.45) is 0. The quantitative estimate of drug-likeness (QED) is 0.856. The zero-order valence-electron chi connectivity index (χ0n) is 8.79. The van der Waals surface area contributed by atoms with Gasteiger partial charge in [-0.1, -0.05) is 11.6 Å². The Balaban J connectivity index is 2.37. The molecule has 2 N–H and O–H groups in total. The van der Waals surface area contributed by atoms with E-state index in [4.69, 9.17) is 11.6 Å². The number of aromatic amines is 1. The van der Waals surface area contributed by atoms with Gasteiger partial charge in [-0.05, 0) is 18.2 Å². The SMILES string of the molecule is CNC(=O)c1nc(-c2ccc(Cl)c(F)c2)n[nH]1. The van der Waals surface area contributed by atoms with Crippen LogP contribution < -0.4 is 5.32 Å². The summed E-state index contributed by atoms with van der Waals surface area (Å²) >= 11 is 5.56. The molecule has 1 aromatic heterocycles. The van der Waals surface area contributed by atoms with Crippen LogP contribution in [-0.2, 0) is 0 Å². The Hall–Kier alpha value is -1.95. The highest BCUT2D eigenvalue weighted by molar-refractivity contribution is 6.30. The Kier molecular flexibility index (Phi) is 3.06. The van der Waals surface area contributed by atoms with Crippen LogP contribution in [-0.4, -0.2) is 28.1 Å². The highest BCUT2D eigenvalue weighted by atomic mass is 35.5. The molecule has 0 saturated heterocycles. The standard InChI is InChI=1S/C10H8ClFN4O/c1-13-10(17)9-14-8(15-16-9)5-2-3-6(11)7(12)4-5/h2-4H,1H3,(H,13,17)(H,14,15,16). The average Bonchev–Trinajstić information content (AvgIpc) is 2.81. The van der Waals surface area contributed by atoms with Gasteiger partial charge < -0.3 is 5.32 Å². The molecular weight excluding hydrogens is 247 g/mol. The maximum absolute atomic E-state index is 13.2. The smallest absolute Gasteiger partial charge is 0.288 e. The Labute approximate surface area is 101 Å². The fourth-order valence-electron chi connectivity index (χ4n) is 1.25. The molecule has 1 amide bonds. The van der Waals surface area contributed by atoms with Crippen LogP contribution in [0.2, 0.25) is 5.02 Å². The zero-order valence-corrected chi connectivity index (χ0v) is 9.55. The van der Waals surface area contributed by atoms with E-state index in [1.165, 1.54) is 19.2 Å². The topological polar surface area (TPSA) is 70.7 Å². The van der Waals surface area contributed by atoms with E-state index in [0.29, 0.717) is 5.56 Å². The Morgan fingerprint density at radius 2 is 2.29 bits per heavy atom. The molecule has 2 aromatic rings. The largest absolute Gasteiger partial charge is 0.352 e. The van der Waals surface area contributed by atoms with Crippen molar-refractivity contribution >= 4 is 17.5 Å². The molecule has 0 aliphatic rings. The van der Waals surface area contributed by atoms with Crippen LogP contribution in [0.15, 0.2) is 18.2 Å². The van der Waals surface area contributed by atoms with E-state index < -0.39 is 11.7 Å². The number of halogens is 2. The number of rotatable bonds is 2. The van der Waals surface area contributed by atoms with Gasteiger partial charge in [0.15, 0.2) is 5.82 Å². The van der Waals surface area contributed by atoms with Gasteiger partial charge in [0.1, 0.15) is 5.82 Å². The van der Waals surface area contributed by atoms with E-state index in [1.54, 1.807) is 6.07 Å². The molecule has 1 aromatic carbocycles. The first-order valence-electron chi connectivity index (χ1n) is 4.71. The lowest BCUT2D eigenvalue weighted by molar-refractivity contribution is 0.0953. The summed E-state index contributed by atoms with van der Waals surface area (Å²) in [5.41, 5.74) is 0.443. The van der Waals surface area contributed by atoms with E-state index in [9.17, 15) is 9.18 Å². The Bertz CT molecular complexity index is 569. The van der Waals surface area contributed by atoms with Crippen molar-refractivity contribution in [2.45, 2.75) is 0 Å². The minimum Gasteiger partial charge on any atom is -0.352 e. The van der Waals surface area contributed by atoms with Crippen LogP contribution in [0.1, 0.15) is 10.6 Å². The van der Waals surface area contributed by atoms with Crippen molar-refractivity contribution in [2.24, 2.45) is 0 Å². The molecule has 0 fully saturated rings. The summed E-state index contributed by atoms with van der Waals surface area (Å²) in [7, 11) is 1.48. The van der Waals surface area contributed by atoms with Gasteiger partial charge in [-0.15, -0.1) is 0 Å². The first-order valence-corrected chi connectivity index (χ1v) is 5.09. The van der Waals surface area contributed by atoms with Gasteiger partial charge in [-0.3, -0.25) is 9.89 Å². The van der Waals surface area contributed by atoms with E-state index in [2.05, 4.69) is 20.5 Å². The maximum Gasteiger partial charge on any atom is 0.288 e. The highest BCUT2D eigenvalue weighted by Crippen LogP contribution is 2.21. The number of hydrogen-bond donors (Lipinski definition) is 2. The minimum atomic E-state index is -0.560. The highest BCUT2D eigenvalue weighted by Gasteiger charge is 2.12. The van der Waals surface area contributed by atoms with Gasteiger partial charge in [0.25, 0.3) is 5.91 Å². The maximum atomic E-state index is 13.2. The molecular formula is C10H8ClFN4O. The molecule has 0 atom stereocenters. The zero-order chi connectivity index (χ0) is 12.4. The second kappa shape index (κ2) is 4.50. The van der Waals surface area contributed by atoms with E-state index in [1.807, 2.05) is 0 Å². The minimum absolute atomic E-state index is 0.0239. The third-order valence-electron chi connectivity index (χ3n) is 2.11. The van der Waals surface area contributed by atoms with Crippen LogP contribution in [0, 0.1) is 5.82 Å². The molecule has 17 heavy (non-hydrogen) atoms. The van der Waals surface area contributed by atoms with Crippen molar-refractivity contribution in [2.75, 3.05) is 7.05 Å². The third kappa shape index (κ3) is 2.26. The average molecular weight is 255 g/mol. The Morgan fingerprint density at radius 3 is 2.94 bits per heavy atom. The third-order valence-corrected chi connectivity index (χ3v) is 2.41. The summed E-state index contributed by atoms with van der Waals surface area (Å²) in [5.74, 6) is -0.648. The van der Waals surface area contributed by atoms with E-state index >= 15 is 0 Å². The number of nitrogens with one attached hydrogen (secondary N) is 2. The molecule has 5 nitrogen and oxygen atoms in total. The second-order valence-corrected chi connectivity index (χ2v) is 3.62. The number of amides is 1. The van der Waals surface area contributed by atoms with Crippen LogP contribution in [0.25, 0.3) is 11.4 Å². The molecule has 0 saturated carbocycles. The molecule has 2 rings (SSSR count). The van der Waals surface area contributed by atoms with Crippen molar-refractivity contribution < 1.29 is 9.18 Å². The van der Waals surface area contributed by atoms with Crippen molar-refractivity contribution in [3.05, 3.63) is 34.9 Å². The summed E-state index contributed by atoms with van der Waals surface area (Å²) in [6.45, 7) is 0.